The highest BCUT2D eigenvalue weighted by Gasteiger charge is 2.22. The molecule has 0 aliphatic heterocycles. The van der Waals surface area contributed by atoms with Gasteiger partial charge >= 0.3 is 0 Å². The van der Waals surface area contributed by atoms with Crippen molar-refractivity contribution in [1.82, 2.24) is 0 Å². The van der Waals surface area contributed by atoms with E-state index < -0.39 is 0 Å². The smallest absolute Gasteiger partial charge is 0.0382 e. The molecule has 4 rings (SSSR count). The minimum atomic E-state index is 0.437. The Hall–Kier alpha value is -1.80. The molecular formula is C20H24N2. The van der Waals surface area contributed by atoms with Crippen molar-refractivity contribution in [2.45, 2.75) is 38.1 Å². The number of nitrogens with one attached hydrogen (secondary N) is 1. The molecule has 1 fully saturated rings. The van der Waals surface area contributed by atoms with Crippen LogP contribution in [0.4, 0.5) is 5.69 Å². The summed E-state index contributed by atoms with van der Waals surface area (Å²) in [6, 6.07) is 15.9. The highest BCUT2D eigenvalue weighted by Crippen LogP contribution is 2.40. The van der Waals surface area contributed by atoms with Crippen molar-refractivity contribution in [2.75, 3.05) is 11.9 Å². The van der Waals surface area contributed by atoms with Crippen molar-refractivity contribution >= 4 is 5.69 Å². The van der Waals surface area contributed by atoms with Crippen LogP contribution in [0.25, 0.3) is 11.1 Å². The number of anilines is 1. The Morgan fingerprint density at radius 2 is 1.68 bits per heavy atom. The molecule has 0 heterocycles. The van der Waals surface area contributed by atoms with Crippen LogP contribution in [0.2, 0.25) is 0 Å². The van der Waals surface area contributed by atoms with E-state index in [2.05, 4.69) is 47.8 Å². The van der Waals surface area contributed by atoms with Gasteiger partial charge in [0.2, 0.25) is 0 Å². The second kappa shape index (κ2) is 5.77. The summed E-state index contributed by atoms with van der Waals surface area (Å²) < 4.78 is 0. The van der Waals surface area contributed by atoms with Crippen molar-refractivity contribution < 1.29 is 0 Å². The number of benzene rings is 2. The number of hydrogen-bond acceptors (Lipinski definition) is 2. The third kappa shape index (κ3) is 2.52. The van der Waals surface area contributed by atoms with Crippen molar-refractivity contribution in [2.24, 2.45) is 11.7 Å². The van der Waals surface area contributed by atoms with Crippen LogP contribution >= 0.6 is 0 Å². The Morgan fingerprint density at radius 3 is 2.55 bits per heavy atom. The summed E-state index contributed by atoms with van der Waals surface area (Å²) in [6.45, 7) is 1.08. The summed E-state index contributed by atoms with van der Waals surface area (Å²) in [4.78, 5) is 0. The molecule has 0 saturated heterocycles. The van der Waals surface area contributed by atoms with Crippen LogP contribution in [0.1, 0.15) is 36.8 Å². The van der Waals surface area contributed by atoms with Gasteiger partial charge in [0.25, 0.3) is 0 Å². The minimum absolute atomic E-state index is 0.437. The van der Waals surface area contributed by atoms with Crippen LogP contribution in [-0.4, -0.2) is 12.6 Å². The lowest BCUT2D eigenvalue weighted by molar-refractivity contribution is 0.339. The molecule has 0 bridgehead atoms. The second-order valence-electron chi connectivity index (χ2n) is 6.83. The molecule has 2 heteroatoms. The lowest BCUT2D eigenvalue weighted by Crippen LogP contribution is -2.29. The Morgan fingerprint density at radius 1 is 0.909 bits per heavy atom. The van der Waals surface area contributed by atoms with Gasteiger partial charge in [-0.15, -0.1) is 0 Å². The number of rotatable bonds is 3. The van der Waals surface area contributed by atoms with Crippen LogP contribution in [0.3, 0.4) is 0 Å². The fourth-order valence-corrected chi connectivity index (χ4v) is 3.97. The van der Waals surface area contributed by atoms with E-state index in [-0.39, 0.29) is 0 Å². The van der Waals surface area contributed by atoms with Crippen LogP contribution in [-0.2, 0) is 6.42 Å². The zero-order valence-corrected chi connectivity index (χ0v) is 13.0. The Balaban J connectivity index is 1.50. The number of hydrogen-bond donors (Lipinski definition) is 2. The molecule has 0 spiro atoms. The summed E-state index contributed by atoms with van der Waals surface area (Å²) in [5, 5.41) is 3.72. The first-order chi connectivity index (χ1) is 10.8. The maximum atomic E-state index is 6.01. The van der Waals surface area contributed by atoms with Gasteiger partial charge in [-0.3, -0.25) is 0 Å². The van der Waals surface area contributed by atoms with Gasteiger partial charge in [-0.1, -0.05) is 36.4 Å². The van der Waals surface area contributed by atoms with Gasteiger partial charge in [0, 0.05) is 24.7 Å². The standard InChI is InChI=1S/C20H24N2/c21-16-10-8-14(9-11-16)13-22-20-7-3-6-18-17-5-2-1-4-15(17)12-19(18)20/h1-7,14,16,22H,8-13,21H2/t14-,16-. The van der Waals surface area contributed by atoms with Crippen molar-refractivity contribution in [3.63, 3.8) is 0 Å². The molecule has 0 amide bonds. The third-order valence-corrected chi connectivity index (χ3v) is 5.32. The Bertz CT molecular complexity index is 669. The van der Waals surface area contributed by atoms with Gasteiger partial charge in [-0.25, -0.2) is 0 Å². The van der Waals surface area contributed by atoms with E-state index in [0.29, 0.717) is 6.04 Å². The van der Waals surface area contributed by atoms with E-state index in [1.54, 1.807) is 0 Å². The predicted molar refractivity (Wildman–Crippen MR) is 93.1 cm³/mol. The molecule has 3 N–H and O–H groups in total. The first-order valence-corrected chi connectivity index (χ1v) is 8.51. The van der Waals surface area contributed by atoms with E-state index >= 15 is 0 Å². The summed E-state index contributed by atoms with van der Waals surface area (Å²) in [7, 11) is 0. The molecule has 0 aromatic heterocycles. The van der Waals surface area contributed by atoms with E-state index in [1.165, 1.54) is 53.6 Å². The largest absolute Gasteiger partial charge is 0.385 e. The maximum absolute atomic E-state index is 6.01. The first kappa shape index (κ1) is 13.8. The van der Waals surface area contributed by atoms with Crippen LogP contribution in [0, 0.1) is 5.92 Å². The monoisotopic (exact) mass is 292 g/mol. The molecule has 2 aliphatic rings. The van der Waals surface area contributed by atoms with E-state index in [9.17, 15) is 0 Å². The summed E-state index contributed by atoms with van der Waals surface area (Å²) in [5.41, 5.74) is 13.1. The lowest BCUT2D eigenvalue weighted by Gasteiger charge is -2.26. The lowest BCUT2D eigenvalue weighted by atomic mass is 9.86. The summed E-state index contributed by atoms with van der Waals surface area (Å²) in [6.07, 6.45) is 5.96. The van der Waals surface area contributed by atoms with E-state index in [1.807, 2.05) is 0 Å². The Labute approximate surface area is 132 Å². The predicted octanol–water partition coefficient (Wildman–Crippen LogP) is 4.19. The maximum Gasteiger partial charge on any atom is 0.0382 e. The number of nitrogens with two attached hydrogens (primary N) is 1. The molecule has 0 unspecified atom stereocenters. The van der Waals surface area contributed by atoms with E-state index in [0.717, 1.165) is 18.9 Å². The van der Waals surface area contributed by atoms with Crippen LogP contribution in [0.15, 0.2) is 42.5 Å². The van der Waals surface area contributed by atoms with Crippen LogP contribution in [0.5, 0.6) is 0 Å². The van der Waals surface area contributed by atoms with Gasteiger partial charge in [-0.05, 0) is 59.9 Å². The SMILES string of the molecule is N[C@H]1CC[C@H](CNc2cccc3c2Cc2ccccc2-3)CC1. The fraction of sp³-hybridized carbons (Fsp3) is 0.400. The molecule has 2 nitrogen and oxygen atoms in total. The second-order valence-corrected chi connectivity index (χ2v) is 6.83. The fourth-order valence-electron chi connectivity index (χ4n) is 3.97. The molecule has 0 atom stereocenters. The minimum Gasteiger partial charge on any atom is -0.385 e. The zero-order chi connectivity index (χ0) is 14.9. The summed E-state index contributed by atoms with van der Waals surface area (Å²) >= 11 is 0. The van der Waals surface area contributed by atoms with E-state index in [4.69, 9.17) is 5.73 Å². The molecule has 114 valence electrons. The quantitative estimate of drug-likeness (QED) is 0.759. The van der Waals surface area contributed by atoms with Crippen molar-refractivity contribution in [3.05, 3.63) is 53.6 Å². The Kier molecular flexibility index (Phi) is 3.63. The van der Waals surface area contributed by atoms with Gasteiger partial charge in [0.15, 0.2) is 0 Å². The average molecular weight is 292 g/mol. The normalized spacial score (nSPS) is 23.0. The molecule has 2 aromatic carbocycles. The third-order valence-electron chi connectivity index (χ3n) is 5.32. The van der Waals surface area contributed by atoms with Crippen molar-refractivity contribution in [1.29, 1.82) is 0 Å². The first-order valence-electron chi connectivity index (χ1n) is 8.51. The molecule has 1 saturated carbocycles. The molecule has 2 aliphatic carbocycles. The molecule has 22 heavy (non-hydrogen) atoms. The van der Waals surface area contributed by atoms with Gasteiger partial charge < -0.3 is 11.1 Å². The summed E-state index contributed by atoms with van der Waals surface area (Å²) in [5.74, 6) is 0.777. The molecular weight excluding hydrogens is 268 g/mol. The highest BCUT2D eigenvalue weighted by molar-refractivity contribution is 5.81. The van der Waals surface area contributed by atoms with Crippen LogP contribution < -0.4 is 11.1 Å². The molecule has 2 aromatic rings. The topological polar surface area (TPSA) is 38.0 Å². The van der Waals surface area contributed by atoms with Gasteiger partial charge in [0.1, 0.15) is 0 Å². The van der Waals surface area contributed by atoms with Gasteiger partial charge in [0.05, 0.1) is 0 Å². The molecule has 0 radical (unpaired) electrons. The van der Waals surface area contributed by atoms with Crippen molar-refractivity contribution in [3.8, 4) is 11.1 Å². The highest BCUT2D eigenvalue weighted by atomic mass is 14.9. The van der Waals surface area contributed by atoms with Gasteiger partial charge in [-0.2, -0.15) is 0 Å². The average Bonchev–Trinajstić information content (AvgIpc) is 2.94. The number of fused-ring (bicyclic) bond motifs is 3. The zero-order valence-electron chi connectivity index (χ0n) is 13.0.